The lowest BCUT2D eigenvalue weighted by Gasteiger charge is -2.11. The van der Waals surface area contributed by atoms with Crippen LogP contribution < -0.4 is 5.32 Å². The first kappa shape index (κ1) is 12.0. The molecule has 1 heterocycles. The Morgan fingerprint density at radius 3 is 3.12 bits per heavy atom. The Bertz CT molecular complexity index is 323. The molecule has 1 aromatic rings. The highest BCUT2D eigenvalue weighted by atomic mass is 32.1. The number of nitrogens with zero attached hydrogens (tertiary/aromatic N) is 1. The fourth-order valence-corrected chi connectivity index (χ4v) is 2.66. The first-order valence-corrected chi connectivity index (χ1v) is 6.94. The third-order valence-corrected chi connectivity index (χ3v) is 3.74. The summed E-state index contributed by atoms with van der Waals surface area (Å²) < 4.78 is 5.45. The van der Waals surface area contributed by atoms with E-state index in [1.807, 2.05) is 6.92 Å². The SMILES string of the molecule is CCOC(C)CNCc1csc(C2CC2)n1. The largest absolute Gasteiger partial charge is 0.377 e. The Kier molecular flexibility index (Phi) is 4.32. The predicted octanol–water partition coefficient (Wildman–Crippen LogP) is 2.54. The van der Waals surface area contributed by atoms with Crippen LogP contribution >= 0.6 is 11.3 Å². The Hall–Kier alpha value is -0.450. The van der Waals surface area contributed by atoms with Gasteiger partial charge in [-0.1, -0.05) is 0 Å². The fourth-order valence-electron chi connectivity index (χ4n) is 1.67. The molecule has 0 radical (unpaired) electrons. The van der Waals surface area contributed by atoms with E-state index in [9.17, 15) is 0 Å². The van der Waals surface area contributed by atoms with Crippen LogP contribution in [0.2, 0.25) is 0 Å². The molecule has 1 N–H and O–H groups in total. The van der Waals surface area contributed by atoms with E-state index in [4.69, 9.17) is 4.74 Å². The van der Waals surface area contributed by atoms with Crippen molar-refractivity contribution in [3.63, 3.8) is 0 Å². The normalized spacial score (nSPS) is 17.6. The second-order valence-electron chi connectivity index (χ2n) is 4.35. The lowest BCUT2D eigenvalue weighted by Crippen LogP contribution is -2.26. The van der Waals surface area contributed by atoms with E-state index in [1.165, 1.54) is 23.5 Å². The number of nitrogens with one attached hydrogen (secondary N) is 1. The second kappa shape index (κ2) is 5.75. The lowest BCUT2D eigenvalue weighted by atomic mass is 10.4. The second-order valence-corrected chi connectivity index (χ2v) is 5.24. The molecule has 16 heavy (non-hydrogen) atoms. The molecular formula is C12H20N2OS. The Morgan fingerprint density at radius 1 is 1.62 bits per heavy atom. The first-order chi connectivity index (χ1) is 7.79. The molecular weight excluding hydrogens is 220 g/mol. The molecule has 3 nitrogen and oxygen atoms in total. The molecule has 4 heteroatoms. The van der Waals surface area contributed by atoms with Gasteiger partial charge in [-0.05, 0) is 26.7 Å². The van der Waals surface area contributed by atoms with Gasteiger partial charge in [0.1, 0.15) is 0 Å². The van der Waals surface area contributed by atoms with Gasteiger partial charge in [0, 0.05) is 31.0 Å². The highest BCUT2D eigenvalue weighted by molar-refractivity contribution is 7.09. The van der Waals surface area contributed by atoms with E-state index in [1.54, 1.807) is 11.3 Å². The zero-order chi connectivity index (χ0) is 11.4. The van der Waals surface area contributed by atoms with Crippen LogP contribution in [0.15, 0.2) is 5.38 Å². The topological polar surface area (TPSA) is 34.1 Å². The maximum Gasteiger partial charge on any atom is 0.0959 e. The van der Waals surface area contributed by atoms with Crippen LogP contribution in [0.3, 0.4) is 0 Å². The Labute approximate surface area is 101 Å². The Morgan fingerprint density at radius 2 is 2.44 bits per heavy atom. The minimum absolute atomic E-state index is 0.284. The zero-order valence-electron chi connectivity index (χ0n) is 10.0. The summed E-state index contributed by atoms with van der Waals surface area (Å²) in [5.41, 5.74) is 1.18. The van der Waals surface area contributed by atoms with Gasteiger partial charge in [-0.3, -0.25) is 0 Å². The van der Waals surface area contributed by atoms with Gasteiger partial charge in [-0.2, -0.15) is 0 Å². The molecule has 1 fully saturated rings. The summed E-state index contributed by atoms with van der Waals surface area (Å²) in [5, 5.41) is 6.88. The van der Waals surface area contributed by atoms with E-state index in [2.05, 4.69) is 22.6 Å². The van der Waals surface area contributed by atoms with Crippen LogP contribution in [0.1, 0.15) is 43.3 Å². The van der Waals surface area contributed by atoms with Gasteiger partial charge < -0.3 is 10.1 Å². The molecule has 1 aromatic heterocycles. The van der Waals surface area contributed by atoms with Crippen molar-refractivity contribution in [3.05, 3.63) is 16.1 Å². The van der Waals surface area contributed by atoms with Gasteiger partial charge in [0.15, 0.2) is 0 Å². The van der Waals surface area contributed by atoms with Crippen LogP contribution in [-0.2, 0) is 11.3 Å². The van der Waals surface area contributed by atoms with Crippen LogP contribution in [0.5, 0.6) is 0 Å². The van der Waals surface area contributed by atoms with Crippen molar-refractivity contribution in [2.75, 3.05) is 13.2 Å². The quantitative estimate of drug-likeness (QED) is 0.795. The van der Waals surface area contributed by atoms with E-state index < -0.39 is 0 Å². The van der Waals surface area contributed by atoms with Crippen molar-refractivity contribution < 1.29 is 4.74 Å². The van der Waals surface area contributed by atoms with Crippen molar-refractivity contribution in [1.29, 1.82) is 0 Å². The van der Waals surface area contributed by atoms with Crippen molar-refractivity contribution in [3.8, 4) is 0 Å². The molecule has 1 saturated carbocycles. The fraction of sp³-hybridized carbons (Fsp3) is 0.750. The van der Waals surface area contributed by atoms with Crippen LogP contribution in [0.4, 0.5) is 0 Å². The molecule has 90 valence electrons. The minimum atomic E-state index is 0.284. The van der Waals surface area contributed by atoms with Gasteiger partial charge in [-0.25, -0.2) is 4.98 Å². The molecule has 1 aliphatic rings. The van der Waals surface area contributed by atoms with Crippen molar-refractivity contribution >= 4 is 11.3 Å². The summed E-state index contributed by atoms with van der Waals surface area (Å²) in [4.78, 5) is 4.63. The average Bonchev–Trinajstić information content (AvgIpc) is 3.00. The van der Waals surface area contributed by atoms with E-state index >= 15 is 0 Å². The first-order valence-electron chi connectivity index (χ1n) is 6.06. The third-order valence-electron chi connectivity index (χ3n) is 2.69. The van der Waals surface area contributed by atoms with Crippen LogP contribution in [-0.4, -0.2) is 24.2 Å². The number of thiazole rings is 1. The monoisotopic (exact) mass is 240 g/mol. The minimum Gasteiger partial charge on any atom is -0.377 e. The molecule has 1 atom stereocenters. The van der Waals surface area contributed by atoms with E-state index in [-0.39, 0.29) is 6.10 Å². The smallest absolute Gasteiger partial charge is 0.0959 e. The van der Waals surface area contributed by atoms with Crippen molar-refractivity contribution in [2.45, 2.75) is 45.3 Å². The Balaban J connectivity index is 1.68. The number of rotatable bonds is 7. The summed E-state index contributed by atoms with van der Waals surface area (Å²) in [6, 6.07) is 0. The van der Waals surface area contributed by atoms with Crippen molar-refractivity contribution in [1.82, 2.24) is 10.3 Å². The predicted molar refractivity (Wildman–Crippen MR) is 66.9 cm³/mol. The van der Waals surface area contributed by atoms with Crippen molar-refractivity contribution in [2.24, 2.45) is 0 Å². The summed E-state index contributed by atoms with van der Waals surface area (Å²) in [6.07, 6.45) is 2.95. The number of hydrogen-bond acceptors (Lipinski definition) is 4. The maximum atomic E-state index is 5.45. The summed E-state index contributed by atoms with van der Waals surface area (Å²) in [7, 11) is 0. The lowest BCUT2D eigenvalue weighted by molar-refractivity contribution is 0.0759. The molecule has 1 aliphatic carbocycles. The standard InChI is InChI=1S/C12H20N2OS/c1-3-15-9(2)6-13-7-11-8-16-12(14-11)10-4-5-10/h8-10,13H,3-7H2,1-2H3. The highest BCUT2D eigenvalue weighted by Crippen LogP contribution is 2.41. The van der Waals surface area contributed by atoms with Gasteiger partial charge >= 0.3 is 0 Å². The molecule has 0 bridgehead atoms. The highest BCUT2D eigenvalue weighted by Gasteiger charge is 2.26. The molecule has 0 saturated heterocycles. The average molecular weight is 240 g/mol. The molecule has 0 aliphatic heterocycles. The molecule has 0 spiro atoms. The third kappa shape index (κ3) is 3.54. The number of ether oxygens (including phenoxy) is 1. The zero-order valence-corrected chi connectivity index (χ0v) is 10.8. The van der Waals surface area contributed by atoms with Gasteiger partial charge in [0.05, 0.1) is 16.8 Å². The van der Waals surface area contributed by atoms with E-state index in [0.717, 1.165) is 25.6 Å². The van der Waals surface area contributed by atoms with Crippen LogP contribution in [0, 0.1) is 0 Å². The summed E-state index contributed by atoms with van der Waals surface area (Å²) in [5.74, 6) is 0.779. The van der Waals surface area contributed by atoms with Crippen LogP contribution in [0.25, 0.3) is 0 Å². The molecule has 1 unspecified atom stereocenters. The molecule has 0 amide bonds. The number of aromatic nitrogens is 1. The van der Waals surface area contributed by atoms with E-state index in [0.29, 0.717) is 0 Å². The van der Waals surface area contributed by atoms with Gasteiger partial charge in [0.2, 0.25) is 0 Å². The van der Waals surface area contributed by atoms with Gasteiger partial charge in [0.25, 0.3) is 0 Å². The number of hydrogen-bond donors (Lipinski definition) is 1. The summed E-state index contributed by atoms with van der Waals surface area (Å²) in [6.45, 7) is 6.65. The molecule has 2 rings (SSSR count). The molecule has 0 aromatic carbocycles. The maximum absolute atomic E-state index is 5.45. The van der Waals surface area contributed by atoms with Gasteiger partial charge in [-0.15, -0.1) is 11.3 Å². The summed E-state index contributed by atoms with van der Waals surface area (Å²) >= 11 is 1.81.